The molecule has 1 amide bonds. The van der Waals surface area contributed by atoms with Crippen LogP contribution in [0.1, 0.15) is 25.7 Å². The van der Waals surface area contributed by atoms with Gasteiger partial charge < -0.3 is 0 Å². The number of hydrogen-bond donors (Lipinski definition) is 0. The summed E-state index contributed by atoms with van der Waals surface area (Å²) in [5, 5.41) is 3.60. The van der Waals surface area contributed by atoms with Gasteiger partial charge in [0.1, 0.15) is 0 Å². The second kappa shape index (κ2) is 3.40. The normalized spacial score (nSPS) is 17.9. The Morgan fingerprint density at radius 1 is 1.60 bits per heavy atom. The van der Waals surface area contributed by atoms with E-state index in [1.54, 1.807) is 7.05 Å². The van der Waals surface area contributed by atoms with Crippen molar-refractivity contribution in [3.63, 3.8) is 0 Å². The zero-order valence-corrected chi connectivity index (χ0v) is 6.26. The number of carbonyl (C=O) groups excluding carboxylic acids is 1. The zero-order valence-electron chi connectivity index (χ0n) is 6.26. The molecule has 0 unspecified atom stereocenters. The molecular formula is C8H12NO. The zero-order chi connectivity index (χ0) is 7.40. The third kappa shape index (κ3) is 1.59. The van der Waals surface area contributed by atoms with E-state index in [9.17, 15) is 4.79 Å². The van der Waals surface area contributed by atoms with E-state index >= 15 is 0 Å². The Morgan fingerprint density at radius 2 is 2.40 bits per heavy atom. The standard InChI is InChI=1S/C8H12NO/c1-9-8(10)7-5-3-2-4-6-7/h5H,2-4,6H2,1H3. The first kappa shape index (κ1) is 7.32. The van der Waals surface area contributed by atoms with Crippen LogP contribution in [-0.2, 0) is 4.79 Å². The van der Waals surface area contributed by atoms with Gasteiger partial charge in [0.15, 0.2) is 0 Å². The Bertz CT molecular complexity index is 161. The van der Waals surface area contributed by atoms with Crippen molar-refractivity contribution in [2.24, 2.45) is 0 Å². The molecule has 0 heterocycles. The van der Waals surface area contributed by atoms with Gasteiger partial charge in [-0.25, -0.2) is 0 Å². The maximum absolute atomic E-state index is 10.9. The maximum atomic E-state index is 10.9. The van der Waals surface area contributed by atoms with E-state index in [0.717, 1.165) is 24.8 Å². The van der Waals surface area contributed by atoms with Gasteiger partial charge in [-0.15, -0.1) is 0 Å². The Balaban J connectivity index is 2.53. The third-order valence-electron chi connectivity index (χ3n) is 1.77. The van der Waals surface area contributed by atoms with Gasteiger partial charge in [0.2, 0.25) is 0 Å². The summed E-state index contributed by atoms with van der Waals surface area (Å²) >= 11 is 0. The van der Waals surface area contributed by atoms with Crippen LogP contribution in [0.2, 0.25) is 0 Å². The van der Waals surface area contributed by atoms with Crippen LogP contribution in [0.3, 0.4) is 0 Å². The minimum atomic E-state index is -0.0281. The van der Waals surface area contributed by atoms with Gasteiger partial charge in [0, 0.05) is 12.6 Å². The highest BCUT2D eigenvalue weighted by Crippen LogP contribution is 2.16. The van der Waals surface area contributed by atoms with E-state index in [4.69, 9.17) is 0 Å². The van der Waals surface area contributed by atoms with Crippen molar-refractivity contribution in [2.75, 3.05) is 7.05 Å². The summed E-state index contributed by atoms with van der Waals surface area (Å²) in [6.07, 6.45) is 6.36. The van der Waals surface area contributed by atoms with Crippen molar-refractivity contribution < 1.29 is 4.79 Å². The predicted octanol–water partition coefficient (Wildman–Crippen LogP) is 1.25. The molecule has 0 saturated carbocycles. The summed E-state index contributed by atoms with van der Waals surface area (Å²) < 4.78 is 0. The second-order valence-electron chi connectivity index (χ2n) is 2.50. The van der Waals surface area contributed by atoms with E-state index in [-0.39, 0.29) is 5.91 Å². The number of allylic oxidation sites excluding steroid dienone is 1. The van der Waals surface area contributed by atoms with Crippen LogP contribution in [0.15, 0.2) is 11.6 Å². The molecule has 0 bridgehead atoms. The smallest absolute Gasteiger partial charge is 0.267 e. The van der Waals surface area contributed by atoms with Crippen LogP contribution in [0.5, 0.6) is 0 Å². The summed E-state index contributed by atoms with van der Waals surface area (Å²) in [7, 11) is 1.55. The van der Waals surface area contributed by atoms with Crippen molar-refractivity contribution >= 4 is 5.91 Å². The predicted molar refractivity (Wildman–Crippen MR) is 39.6 cm³/mol. The largest absolute Gasteiger partial charge is 0.268 e. The molecule has 1 aliphatic rings. The molecule has 0 fully saturated rings. The Morgan fingerprint density at radius 3 is 2.90 bits per heavy atom. The molecule has 0 aliphatic heterocycles. The molecule has 0 aromatic carbocycles. The van der Waals surface area contributed by atoms with Gasteiger partial charge in [-0.2, -0.15) is 0 Å². The molecule has 0 aromatic heterocycles. The molecule has 1 rings (SSSR count). The highest BCUT2D eigenvalue weighted by molar-refractivity contribution is 5.92. The maximum Gasteiger partial charge on any atom is 0.267 e. The number of hydrogen-bond acceptors (Lipinski definition) is 1. The summed E-state index contributed by atoms with van der Waals surface area (Å²) in [5.74, 6) is -0.0281. The van der Waals surface area contributed by atoms with Gasteiger partial charge in [0.25, 0.3) is 5.91 Å². The molecule has 10 heavy (non-hydrogen) atoms. The first-order valence-corrected chi connectivity index (χ1v) is 3.68. The molecule has 0 spiro atoms. The number of carbonyl (C=O) groups is 1. The van der Waals surface area contributed by atoms with Crippen molar-refractivity contribution in [3.05, 3.63) is 11.6 Å². The van der Waals surface area contributed by atoms with Crippen LogP contribution in [0.25, 0.3) is 0 Å². The molecule has 1 radical (unpaired) electrons. The lowest BCUT2D eigenvalue weighted by atomic mass is 9.99. The van der Waals surface area contributed by atoms with Crippen LogP contribution < -0.4 is 5.32 Å². The van der Waals surface area contributed by atoms with E-state index in [1.165, 1.54) is 6.42 Å². The molecule has 1 aliphatic carbocycles. The van der Waals surface area contributed by atoms with Crippen LogP contribution >= 0.6 is 0 Å². The van der Waals surface area contributed by atoms with E-state index in [0.29, 0.717) is 0 Å². The summed E-state index contributed by atoms with van der Waals surface area (Å²) in [5.41, 5.74) is 0.911. The molecule has 0 N–H and O–H groups in total. The number of likely N-dealkylation sites (N-methyl/N-ethyl adjacent to an activating group) is 1. The monoisotopic (exact) mass is 138 g/mol. The third-order valence-corrected chi connectivity index (χ3v) is 1.77. The van der Waals surface area contributed by atoms with Gasteiger partial charge >= 0.3 is 0 Å². The second-order valence-corrected chi connectivity index (χ2v) is 2.50. The Hall–Kier alpha value is -0.790. The van der Waals surface area contributed by atoms with Gasteiger partial charge in [-0.05, 0) is 25.7 Å². The molecule has 2 nitrogen and oxygen atoms in total. The summed E-state index contributed by atoms with van der Waals surface area (Å²) in [6.45, 7) is 0. The summed E-state index contributed by atoms with van der Waals surface area (Å²) in [4.78, 5) is 10.9. The first-order chi connectivity index (χ1) is 4.84. The SMILES string of the molecule is C[N]C(=O)C1=CCCCC1. The highest BCUT2D eigenvalue weighted by atomic mass is 16.1. The van der Waals surface area contributed by atoms with E-state index in [2.05, 4.69) is 5.32 Å². The molecule has 0 atom stereocenters. The van der Waals surface area contributed by atoms with Crippen molar-refractivity contribution in [3.8, 4) is 0 Å². The number of rotatable bonds is 1. The van der Waals surface area contributed by atoms with Crippen molar-refractivity contribution in [1.82, 2.24) is 5.32 Å². The lowest BCUT2D eigenvalue weighted by Gasteiger charge is -2.08. The van der Waals surface area contributed by atoms with Crippen molar-refractivity contribution in [1.29, 1.82) is 0 Å². The lowest BCUT2D eigenvalue weighted by molar-refractivity contribution is -0.117. The fourth-order valence-electron chi connectivity index (χ4n) is 1.18. The molecule has 0 aromatic rings. The van der Waals surface area contributed by atoms with Crippen LogP contribution in [0.4, 0.5) is 0 Å². The van der Waals surface area contributed by atoms with Gasteiger partial charge in [-0.3, -0.25) is 10.1 Å². The molecule has 2 heteroatoms. The lowest BCUT2D eigenvalue weighted by Crippen LogP contribution is -2.14. The Labute approximate surface area is 61.3 Å². The minimum absolute atomic E-state index is 0.0281. The van der Waals surface area contributed by atoms with Crippen molar-refractivity contribution in [2.45, 2.75) is 25.7 Å². The average molecular weight is 138 g/mol. The molecule has 0 saturated heterocycles. The molecular weight excluding hydrogens is 126 g/mol. The quantitative estimate of drug-likeness (QED) is 0.536. The van der Waals surface area contributed by atoms with Crippen LogP contribution in [-0.4, -0.2) is 13.0 Å². The van der Waals surface area contributed by atoms with Gasteiger partial charge in [0.05, 0.1) is 0 Å². The first-order valence-electron chi connectivity index (χ1n) is 3.68. The number of nitrogens with zero attached hydrogens (tertiary/aromatic N) is 1. The highest BCUT2D eigenvalue weighted by Gasteiger charge is 2.10. The minimum Gasteiger partial charge on any atom is -0.268 e. The topological polar surface area (TPSA) is 31.2 Å². The molecule has 55 valence electrons. The Kier molecular flexibility index (Phi) is 2.49. The average Bonchev–Trinajstić information content (AvgIpc) is 2.05. The van der Waals surface area contributed by atoms with E-state index in [1.807, 2.05) is 6.08 Å². The van der Waals surface area contributed by atoms with E-state index < -0.39 is 0 Å². The van der Waals surface area contributed by atoms with Gasteiger partial charge in [-0.1, -0.05) is 6.08 Å². The summed E-state index contributed by atoms with van der Waals surface area (Å²) in [6, 6.07) is 0. The number of amides is 1. The fourth-order valence-corrected chi connectivity index (χ4v) is 1.18. The van der Waals surface area contributed by atoms with Crippen LogP contribution in [0, 0.1) is 0 Å². The fraction of sp³-hybridized carbons (Fsp3) is 0.625.